The number of hydrogen-bond donors (Lipinski definition) is 2. The molecule has 0 aliphatic heterocycles. The van der Waals surface area contributed by atoms with Gasteiger partial charge in [-0.1, -0.05) is 69.2 Å². The van der Waals surface area contributed by atoms with Gasteiger partial charge in [0.2, 0.25) is 0 Å². The SMILES string of the molecule is OC(PC(O)c1ccccc1)c1ccccc1. The molecule has 0 bridgehead atoms. The predicted molar refractivity (Wildman–Crippen MR) is 71.1 cm³/mol. The van der Waals surface area contributed by atoms with Crippen LogP contribution in [0.2, 0.25) is 0 Å². The molecule has 0 aromatic heterocycles. The molecule has 17 heavy (non-hydrogen) atoms. The van der Waals surface area contributed by atoms with Gasteiger partial charge in [-0.25, -0.2) is 0 Å². The summed E-state index contributed by atoms with van der Waals surface area (Å²) >= 11 is 0. The maximum atomic E-state index is 10.0. The molecule has 88 valence electrons. The molecule has 0 fully saturated rings. The second-order valence-corrected chi connectivity index (χ2v) is 5.22. The summed E-state index contributed by atoms with van der Waals surface area (Å²) in [6.45, 7) is 0. The van der Waals surface area contributed by atoms with Gasteiger partial charge < -0.3 is 10.2 Å². The Bertz CT molecular complexity index is 401. The highest BCUT2D eigenvalue weighted by molar-refractivity contribution is 7.38. The normalized spacial score (nSPS) is 14.9. The molecule has 3 heteroatoms. The van der Waals surface area contributed by atoms with Crippen molar-refractivity contribution >= 4 is 8.58 Å². The van der Waals surface area contributed by atoms with Crippen LogP contribution in [-0.2, 0) is 0 Å². The minimum atomic E-state index is -0.605. The van der Waals surface area contributed by atoms with E-state index < -0.39 is 11.7 Å². The highest BCUT2D eigenvalue weighted by atomic mass is 31.1. The standard InChI is InChI=1S/C14H15O2P/c15-13(11-7-3-1-4-8-11)17-14(16)12-9-5-2-6-10-12/h1-10,13-17H. The smallest absolute Gasteiger partial charge is 0.0978 e. The minimum Gasteiger partial charge on any atom is -0.384 e. The molecule has 0 radical (unpaired) electrons. The van der Waals surface area contributed by atoms with Crippen molar-refractivity contribution in [3.8, 4) is 0 Å². The molecule has 2 nitrogen and oxygen atoms in total. The van der Waals surface area contributed by atoms with E-state index in [1.54, 1.807) is 0 Å². The monoisotopic (exact) mass is 246 g/mol. The molecule has 0 saturated carbocycles. The summed E-state index contributed by atoms with van der Waals surface area (Å²) in [7, 11) is 0.0457. The Morgan fingerprint density at radius 3 is 1.35 bits per heavy atom. The van der Waals surface area contributed by atoms with Crippen LogP contribution in [0, 0.1) is 0 Å². The fourth-order valence-corrected chi connectivity index (χ4v) is 2.68. The van der Waals surface area contributed by atoms with Gasteiger partial charge in [-0.2, -0.15) is 0 Å². The number of hydrogen-bond acceptors (Lipinski definition) is 2. The Morgan fingerprint density at radius 2 is 1.00 bits per heavy atom. The van der Waals surface area contributed by atoms with Crippen LogP contribution in [0.15, 0.2) is 60.7 Å². The van der Waals surface area contributed by atoms with Gasteiger partial charge in [0, 0.05) is 0 Å². The highest BCUT2D eigenvalue weighted by Crippen LogP contribution is 2.42. The van der Waals surface area contributed by atoms with E-state index in [-0.39, 0.29) is 8.58 Å². The average Bonchev–Trinajstić information content (AvgIpc) is 2.40. The first-order valence-corrected chi connectivity index (χ1v) is 6.65. The maximum Gasteiger partial charge on any atom is 0.0978 e. The third kappa shape index (κ3) is 3.37. The number of benzene rings is 2. The largest absolute Gasteiger partial charge is 0.384 e. The lowest BCUT2D eigenvalue weighted by Gasteiger charge is -2.16. The van der Waals surface area contributed by atoms with Crippen molar-refractivity contribution in [1.29, 1.82) is 0 Å². The van der Waals surface area contributed by atoms with Gasteiger partial charge in [0.15, 0.2) is 0 Å². The van der Waals surface area contributed by atoms with Crippen molar-refractivity contribution in [3.05, 3.63) is 71.8 Å². The van der Waals surface area contributed by atoms with E-state index in [1.165, 1.54) is 0 Å². The molecule has 2 unspecified atom stereocenters. The van der Waals surface area contributed by atoms with Crippen molar-refractivity contribution in [2.75, 3.05) is 0 Å². The third-order valence-corrected chi connectivity index (χ3v) is 3.84. The molecule has 2 N–H and O–H groups in total. The summed E-state index contributed by atoms with van der Waals surface area (Å²) in [5.74, 6) is -1.21. The molecule has 0 spiro atoms. The van der Waals surface area contributed by atoms with Gasteiger partial charge in [0.25, 0.3) is 0 Å². The number of aliphatic hydroxyl groups is 2. The molecule has 2 aromatic carbocycles. The fourth-order valence-electron chi connectivity index (χ4n) is 1.61. The molecule has 0 saturated heterocycles. The lowest BCUT2D eigenvalue weighted by Crippen LogP contribution is -1.96. The zero-order valence-corrected chi connectivity index (χ0v) is 10.3. The van der Waals surface area contributed by atoms with E-state index in [0.717, 1.165) is 11.1 Å². The first kappa shape index (κ1) is 12.3. The van der Waals surface area contributed by atoms with Crippen molar-refractivity contribution in [2.24, 2.45) is 0 Å². The van der Waals surface area contributed by atoms with E-state index in [1.807, 2.05) is 60.7 Å². The van der Waals surface area contributed by atoms with Gasteiger partial charge in [0.05, 0.1) is 11.7 Å². The van der Waals surface area contributed by atoms with Crippen LogP contribution in [0.5, 0.6) is 0 Å². The Morgan fingerprint density at radius 1 is 0.647 bits per heavy atom. The molecule has 2 rings (SSSR count). The summed E-state index contributed by atoms with van der Waals surface area (Å²) in [5, 5.41) is 20.0. The Kier molecular flexibility index (Phi) is 4.27. The van der Waals surface area contributed by atoms with Crippen LogP contribution >= 0.6 is 8.58 Å². The molecular formula is C14H15O2P. The topological polar surface area (TPSA) is 40.5 Å². The van der Waals surface area contributed by atoms with E-state index in [4.69, 9.17) is 0 Å². The third-order valence-electron chi connectivity index (χ3n) is 2.55. The Hall–Kier alpha value is -1.21. The second kappa shape index (κ2) is 5.92. The molecule has 0 aliphatic carbocycles. The lowest BCUT2D eigenvalue weighted by atomic mass is 10.2. The van der Waals surface area contributed by atoms with Gasteiger partial charge in [0.1, 0.15) is 0 Å². The van der Waals surface area contributed by atoms with Crippen molar-refractivity contribution in [3.63, 3.8) is 0 Å². The van der Waals surface area contributed by atoms with Crippen LogP contribution in [0.3, 0.4) is 0 Å². The summed E-state index contributed by atoms with van der Waals surface area (Å²) in [6.07, 6.45) is 0. The zero-order valence-electron chi connectivity index (χ0n) is 9.32. The quantitative estimate of drug-likeness (QED) is 0.814. The van der Waals surface area contributed by atoms with E-state index in [0.29, 0.717) is 0 Å². The first-order valence-electron chi connectivity index (χ1n) is 5.49. The van der Waals surface area contributed by atoms with E-state index >= 15 is 0 Å². The first-order chi connectivity index (χ1) is 8.27. The average molecular weight is 246 g/mol. The second-order valence-electron chi connectivity index (χ2n) is 3.79. The van der Waals surface area contributed by atoms with Crippen LogP contribution in [0.25, 0.3) is 0 Å². The van der Waals surface area contributed by atoms with Crippen molar-refractivity contribution in [2.45, 2.75) is 11.7 Å². The molecule has 0 heterocycles. The number of aliphatic hydroxyl groups excluding tert-OH is 2. The molecule has 2 atom stereocenters. The maximum absolute atomic E-state index is 10.0. The summed E-state index contributed by atoms with van der Waals surface area (Å²) in [4.78, 5) is 0. The minimum absolute atomic E-state index is 0.0457. The summed E-state index contributed by atoms with van der Waals surface area (Å²) in [5.41, 5.74) is 1.70. The molecular weight excluding hydrogens is 231 g/mol. The highest BCUT2D eigenvalue weighted by Gasteiger charge is 2.14. The van der Waals surface area contributed by atoms with Gasteiger partial charge >= 0.3 is 0 Å². The van der Waals surface area contributed by atoms with Crippen LogP contribution in [0.1, 0.15) is 22.8 Å². The van der Waals surface area contributed by atoms with Gasteiger partial charge in [-0.3, -0.25) is 0 Å². The summed E-state index contributed by atoms with van der Waals surface area (Å²) < 4.78 is 0. The van der Waals surface area contributed by atoms with Crippen molar-refractivity contribution in [1.82, 2.24) is 0 Å². The predicted octanol–water partition coefficient (Wildman–Crippen LogP) is 3.05. The van der Waals surface area contributed by atoms with E-state index in [9.17, 15) is 10.2 Å². The van der Waals surface area contributed by atoms with Gasteiger partial charge in [-0.05, 0) is 11.1 Å². The molecule has 2 aromatic rings. The lowest BCUT2D eigenvalue weighted by molar-refractivity contribution is 0.234. The summed E-state index contributed by atoms with van der Waals surface area (Å²) in [6, 6.07) is 18.8. The molecule has 0 aliphatic rings. The van der Waals surface area contributed by atoms with Crippen LogP contribution in [-0.4, -0.2) is 10.2 Å². The van der Waals surface area contributed by atoms with E-state index in [2.05, 4.69) is 0 Å². The Labute approximate surface area is 103 Å². The molecule has 0 amide bonds. The zero-order chi connectivity index (χ0) is 12.1. The van der Waals surface area contributed by atoms with Crippen LogP contribution < -0.4 is 0 Å². The van der Waals surface area contributed by atoms with Crippen LogP contribution in [0.4, 0.5) is 0 Å². The van der Waals surface area contributed by atoms with Crippen molar-refractivity contribution < 1.29 is 10.2 Å². The number of rotatable bonds is 4. The van der Waals surface area contributed by atoms with Gasteiger partial charge in [-0.15, -0.1) is 0 Å². The fraction of sp³-hybridized carbons (Fsp3) is 0.143. The Balaban J connectivity index is 2.02.